The first kappa shape index (κ1) is 27.0. The largest absolute Gasteiger partial charge is 0.490 e. The van der Waals surface area contributed by atoms with Gasteiger partial charge >= 0.3 is 18.0 Å². The average molecular weight is 513 g/mol. The number of aromatic carboxylic acids is 1. The third kappa shape index (κ3) is 6.76. The minimum absolute atomic E-state index is 0.0746. The Hall–Kier alpha value is -4.58. The van der Waals surface area contributed by atoms with Crippen LogP contribution < -0.4 is 25.5 Å². The van der Waals surface area contributed by atoms with Gasteiger partial charge in [-0.3, -0.25) is 5.43 Å². The summed E-state index contributed by atoms with van der Waals surface area (Å²) in [5, 5.41) is 28.6. The average Bonchev–Trinajstić information content (AvgIpc) is 2.87. The fourth-order valence-corrected chi connectivity index (χ4v) is 3.62. The molecule has 196 valence electrons. The van der Waals surface area contributed by atoms with Crippen molar-refractivity contribution < 1.29 is 38.8 Å². The molecule has 0 saturated heterocycles. The lowest BCUT2D eigenvalue weighted by molar-refractivity contribution is -0.136. The molecule has 1 aliphatic heterocycles. The van der Waals surface area contributed by atoms with Crippen molar-refractivity contribution in [1.29, 1.82) is 0 Å². The van der Waals surface area contributed by atoms with Crippen LogP contribution in [0.2, 0.25) is 0 Å². The topological polar surface area (TPSA) is 168 Å². The summed E-state index contributed by atoms with van der Waals surface area (Å²) in [7, 11) is 1.26. The van der Waals surface area contributed by atoms with Gasteiger partial charge in [0.25, 0.3) is 0 Å². The van der Waals surface area contributed by atoms with Crippen LogP contribution in [0.15, 0.2) is 58.8 Å². The van der Waals surface area contributed by atoms with Crippen molar-refractivity contribution in [2.45, 2.75) is 26.1 Å². The van der Waals surface area contributed by atoms with E-state index in [-0.39, 0.29) is 17.7 Å². The van der Waals surface area contributed by atoms with Crippen LogP contribution in [0.5, 0.6) is 11.5 Å². The highest BCUT2D eigenvalue weighted by Gasteiger charge is 2.32. The predicted molar refractivity (Wildman–Crippen MR) is 132 cm³/mol. The molecule has 1 heterocycles. The molecule has 0 spiro atoms. The molecule has 0 radical (unpaired) electrons. The van der Waals surface area contributed by atoms with E-state index in [0.29, 0.717) is 34.9 Å². The number of rotatable bonds is 11. The van der Waals surface area contributed by atoms with Gasteiger partial charge in [-0.15, -0.1) is 0 Å². The monoisotopic (exact) mass is 512 g/mol. The number of nitrogens with one attached hydrogen (secondary N) is 3. The number of hydrogen-bond acceptors (Lipinski definition) is 9. The van der Waals surface area contributed by atoms with E-state index in [0.717, 1.165) is 0 Å². The van der Waals surface area contributed by atoms with Crippen molar-refractivity contribution in [1.82, 2.24) is 16.1 Å². The van der Waals surface area contributed by atoms with E-state index in [2.05, 4.69) is 21.2 Å². The number of amides is 2. The van der Waals surface area contributed by atoms with Gasteiger partial charge in [-0.2, -0.15) is 5.10 Å². The Labute approximate surface area is 212 Å². The molecule has 2 aromatic carbocycles. The zero-order valence-corrected chi connectivity index (χ0v) is 20.5. The van der Waals surface area contributed by atoms with Crippen molar-refractivity contribution in [3.63, 3.8) is 0 Å². The van der Waals surface area contributed by atoms with Crippen LogP contribution in [0.3, 0.4) is 0 Å². The van der Waals surface area contributed by atoms with Crippen LogP contribution in [0.4, 0.5) is 4.79 Å². The highest BCUT2D eigenvalue weighted by Crippen LogP contribution is 2.34. The Morgan fingerprint density at radius 1 is 1.19 bits per heavy atom. The third-order valence-electron chi connectivity index (χ3n) is 5.29. The number of ether oxygens (including phenoxy) is 3. The summed E-state index contributed by atoms with van der Waals surface area (Å²) in [6.45, 7) is 3.49. The number of aliphatic hydroxyl groups is 1. The number of carbonyl (C=O) groups is 3. The maximum Gasteiger partial charge on any atom is 0.337 e. The molecule has 12 heteroatoms. The Morgan fingerprint density at radius 3 is 2.65 bits per heavy atom. The number of aliphatic hydroxyl groups excluding tert-OH is 1. The molecule has 2 amide bonds. The number of carboxylic acids is 1. The normalized spacial score (nSPS) is 16.0. The van der Waals surface area contributed by atoms with Crippen LogP contribution in [-0.4, -0.2) is 60.9 Å². The number of allylic oxidation sites excluding steroid dienone is 1. The zero-order valence-electron chi connectivity index (χ0n) is 20.5. The molecule has 1 aliphatic rings. The first-order chi connectivity index (χ1) is 17.7. The number of carboxylic acid groups (broad SMARTS) is 1. The van der Waals surface area contributed by atoms with Crippen LogP contribution in [-0.2, 0) is 9.53 Å². The van der Waals surface area contributed by atoms with Crippen LogP contribution in [0.1, 0.15) is 41.4 Å². The number of hydrogen-bond donors (Lipinski definition) is 5. The van der Waals surface area contributed by atoms with E-state index in [9.17, 15) is 24.6 Å². The lowest BCUT2D eigenvalue weighted by atomic mass is 9.95. The number of methoxy groups -OCH3 is 1. The van der Waals surface area contributed by atoms with E-state index in [1.54, 1.807) is 50.2 Å². The minimum Gasteiger partial charge on any atom is -0.490 e. The van der Waals surface area contributed by atoms with Gasteiger partial charge in [0.05, 0.1) is 37.1 Å². The summed E-state index contributed by atoms with van der Waals surface area (Å²) in [5.74, 6) is -1.03. The molecule has 5 N–H and O–H groups in total. The molecule has 2 atom stereocenters. The molecule has 37 heavy (non-hydrogen) atoms. The number of carbonyl (C=O) groups excluding carboxylic acids is 2. The van der Waals surface area contributed by atoms with Gasteiger partial charge in [0.1, 0.15) is 6.61 Å². The Morgan fingerprint density at radius 2 is 1.95 bits per heavy atom. The van der Waals surface area contributed by atoms with Gasteiger partial charge in [-0.25, -0.2) is 14.4 Å². The second kappa shape index (κ2) is 12.4. The smallest absolute Gasteiger partial charge is 0.337 e. The molecule has 3 rings (SSSR count). The molecule has 12 nitrogen and oxygen atoms in total. The lowest BCUT2D eigenvalue weighted by Gasteiger charge is -2.28. The zero-order chi connectivity index (χ0) is 26.9. The maximum atomic E-state index is 12.3. The maximum absolute atomic E-state index is 12.3. The molecule has 2 aromatic rings. The number of urea groups is 1. The standard InChI is InChI=1S/C25H28N4O8/c1-4-36-19-11-15(22-21(24(33)35-3)14(2)27-25(34)28-22)9-10-18(19)37-13-20(30)29-26-12-16-7-5-6-8-17(16)23(31)32/h5-12,20,22,29-30H,4,13H2,1-3H3,(H,31,32)(H2,27,28,34)/b26-12+/t20-,22+/m0/s1. The summed E-state index contributed by atoms with van der Waals surface area (Å²) < 4.78 is 16.2. The van der Waals surface area contributed by atoms with Gasteiger partial charge in [0.2, 0.25) is 0 Å². The second-order valence-electron chi connectivity index (χ2n) is 7.81. The molecule has 0 aromatic heterocycles. The Balaban J connectivity index is 1.72. The van der Waals surface area contributed by atoms with Crippen molar-refractivity contribution in [2.24, 2.45) is 5.10 Å². The predicted octanol–water partition coefficient (Wildman–Crippen LogP) is 1.91. The van der Waals surface area contributed by atoms with E-state index in [1.165, 1.54) is 19.4 Å². The van der Waals surface area contributed by atoms with E-state index < -0.39 is 30.2 Å². The summed E-state index contributed by atoms with van der Waals surface area (Å²) in [6, 6.07) is 9.95. The highest BCUT2D eigenvalue weighted by molar-refractivity contribution is 5.98. The molecular weight excluding hydrogens is 484 g/mol. The van der Waals surface area contributed by atoms with Gasteiger partial charge in [-0.1, -0.05) is 24.3 Å². The quantitative estimate of drug-likeness (QED) is 0.131. The fourth-order valence-electron chi connectivity index (χ4n) is 3.62. The van der Waals surface area contributed by atoms with Crippen molar-refractivity contribution in [3.8, 4) is 11.5 Å². The molecule has 0 unspecified atom stereocenters. The minimum atomic E-state index is -1.22. The summed E-state index contributed by atoms with van der Waals surface area (Å²) >= 11 is 0. The van der Waals surface area contributed by atoms with Crippen LogP contribution in [0, 0.1) is 0 Å². The number of esters is 1. The van der Waals surface area contributed by atoms with E-state index in [1.807, 2.05) is 0 Å². The molecule has 0 fully saturated rings. The van der Waals surface area contributed by atoms with Crippen LogP contribution in [0.25, 0.3) is 0 Å². The van der Waals surface area contributed by atoms with Crippen LogP contribution >= 0.6 is 0 Å². The van der Waals surface area contributed by atoms with E-state index in [4.69, 9.17) is 14.2 Å². The number of benzene rings is 2. The molecule has 0 aliphatic carbocycles. The highest BCUT2D eigenvalue weighted by atomic mass is 16.5. The first-order valence-corrected chi connectivity index (χ1v) is 11.3. The van der Waals surface area contributed by atoms with Crippen molar-refractivity contribution in [2.75, 3.05) is 20.3 Å². The van der Waals surface area contributed by atoms with Gasteiger partial charge in [0, 0.05) is 11.3 Å². The number of nitrogens with zero attached hydrogens (tertiary/aromatic N) is 1. The van der Waals surface area contributed by atoms with Crippen molar-refractivity contribution >= 4 is 24.2 Å². The van der Waals surface area contributed by atoms with Gasteiger partial charge in [0.15, 0.2) is 17.7 Å². The summed E-state index contributed by atoms with van der Waals surface area (Å²) in [6.07, 6.45) is 0.0667. The molecular formula is C25H28N4O8. The summed E-state index contributed by atoms with van der Waals surface area (Å²) in [5.41, 5.74) is 4.10. The number of hydrazone groups is 1. The van der Waals surface area contributed by atoms with Crippen molar-refractivity contribution in [3.05, 3.63) is 70.4 Å². The second-order valence-corrected chi connectivity index (χ2v) is 7.81. The molecule has 0 bridgehead atoms. The molecule has 0 saturated carbocycles. The van der Waals surface area contributed by atoms with E-state index >= 15 is 0 Å². The summed E-state index contributed by atoms with van der Waals surface area (Å²) in [4.78, 5) is 35.7. The third-order valence-corrected chi connectivity index (χ3v) is 5.29. The first-order valence-electron chi connectivity index (χ1n) is 11.3. The fraction of sp³-hybridized carbons (Fsp3) is 0.280. The van der Waals surface area contributed by atoms with Gasteiger partial charge in [-0.05, 0) is 37.6 Å². The van der Waals surface area contributed by atoms with Gasteiger partial charge < -0.3 is 35.1 Å². The SMILES string of the molecule is CCOc1cc([C@H]2NC(=O)NC(C)=C2C(=O)OC)ccc1OC[C@H](O)N/N=C/c1ccccc1C(=O)O. The lowest BCUT2D eigenvalue weighted by Crippen LogP contribution is -2.45. The Kier molecular flexibility index (Phi) is 9.05. The Bertz CT molecular complexity index is 1230.